The Labute approximate surface area is 131 Å². The minimum atomic E-state index is 0.893. The lowest BCUT2D eigenvalue weighted by Gasteiger charge is -2.04. The Bertz CT molecular complexity index is 675. The molecule has 0 aliphatic heterocycles. The highest BCUT2D eigenvalue weighted by Crippen LogP contribution is 2.21. The molecule has 3 rings (SSSR count). The van der Waals surface area contributed by atoms with Crippen LogP contribution in [-0.2, 0) is 13.0 Å². The summed E-state index contributed by atoms with van der Waals surface area (Å²) in [6, 6.07) is 16.7. The highest BCUT2D eigenvalue weighted by molar-refractivity contribution is 9.10. The van der Waals surface area contributed by atoms with Crippen molar-refractivity contribution < 1.29 is 0 Å². The first kappa shape index (κ1) is 13.7. The molecule has 3 aromatic rings. The number of fused-ring (bicyclic) bond motifs is 1. The molecule has 2 nitrogen and oxygen atoms in total. The third-order valence-electron chi connectivity index (χ3n) is 3.07. The summed E-state index contributed by atoms with van der Waals surface area (Å²) in [6.45, 7) is 1.84. The van der Waals surface area contributed by atoms with Gasteiger partial charge >= 0.3 is 0 Å². The van der Waals surface area contributed by atoms with Gasteiger partial charge in [0.25, 0.3) is 0 Å². The fraction of sp³-hybridized carbons (Fsp3) is 0.188. The predicted molar refractivity (Wildman–Crippen MR) is 89.2 cm³/mol. The molecule has 1 heterocycles. The molecule has 0 amide bonds. The molecule has 0 saturated carbocycles. The van der Waals surface area contributed by atoms with Gasteiger partial charge in [0.2, 0.25) is 0 Å². The number of nitrogens with zero attached hydrogens (tertiary/aromatic N) is 1. The standard InChI is InChI=1S/C16H15BrN2S/c17-13-5-3-4-12(10-13)11-18-9-8-16-19-14-6-1-2-7-15(14)20-16/h1-7,10,18H,8-9,11H2. The van der Waals surface area contributed by atoms with Gasteiger partial charge in [-0.2, -0.15) is 0 Å². The molecule has 1 N–H and O–H groups in total. The van der Waals surface area contributed by atoms with E-state index in [1.165, 1.54) is 15.3 Å². The van der Waals surface area contributed by atoms with Crippen LogP contribution in [0.25, 0.3) is 10.2 Å². The molecule has 0 saturated heterocycles. The highest BCUT2D eigenvalue weighted by Gasteiger charge is 2.02. The number of para-hydroxylation sites is 1. The first-order chi connectivity index (χ1) is 9.81. The van der Waals surface area contributed by atoms with Gasteiger partial charge in [0.1, 0.15) is 0 Å². The molecule has 2 aromatic carbocycles. The van der Waals surface area contributed by atoms with Crippen molar-refractivity contribution in [2.45, 2.75) is 13.0 Å². The van der Waals surface area contributed by atoms with E-state index in [0.717, 1.165) is 29.5 Å². The van der Waals surface area contributed by atoms with E-state index in [-0.39, 0.29) is 0 Å². The molecular weight excluding hydrogens is 332 g/mol. The summed E-state index contributed by atoms with van der Waals surface area (Å²) in [7, 11) is 0. The maximum atomic E-state index is 4.64. The first-order valence-corrected chi connectivity index (χ1v) is 8.22. The molecule has 0 aliphatic rings. The van der Waals surface area contributed by atoms with Gasteiger partial charge in [0, 0.05) is 24.0 Å². The van der Waals surface area contributed by atoms with Crippen molar-refractivity contribution in [3.8, 4) is 0 Å². The van der Waals surface area contributed by atoms with Crippen molar-refractivity contribution >= 4 is 37.5 Å². The molecule has 102 valence electrons. The van der Waals surface area contributed by atoms with Crippen LogP contribution in [0.2, 0.25) is 0 Å². The average Bonchev–Trinajstić information content (AvgIpc) is 2.86. The number of benzene rings is 2. The zero-order valence-corrected chi connectivity index (χ0v) is 13.4. The SMILES string of the molecule is Brc1cccc(CNCCc2nc3ccccc3s2)c1. The zero-order valence-electron chi connectivity index (χ0n) is 11.0. The van der Waals surface area contributed by atoms with E-state index >= 15 is 0 Å². The van der Waals surface area contributed by atoms with Gasteiger partial charge in [-0.1, -0.05) is 40.2 Å². The van der Waals surface area contributed by atoms with Crippen molar-refractivity contribution in [1.82, 2.24) is 10.3 Å². The summed E-state index contributed by atoms with van der Waals surface area (Å²) in [4.78, 5) is 4.64. The topological polar surface area (TPSA) is 24.9 Å². The Morgan fingerprint density at radius 1 is 1.10 bits per heavy atom. The summed E-state index contributed by atoms with van der Waals surface area (Å²) >= 11 is 5.28. The van der Waals surface area contributed by atoms with Crippen LogP contribution in [0, 0.1) is 0 Å². The number of halogens is 1. The van der Waals surface area contributed by atoms with Crippen molar-refractivity contribution in [3.63, 3.8) is 0 Å². The van der Waals surface area contributed by atoms with Crippen LogP contribution in [0.1, 0.15) is 10.6 Å². The summed E-state index contributed by atoms with van der Waals surface area (Å²) in [5.41, 5.74) is 2.41. The summed E-state index contributed by atoms with van der Waals surface area (Å²) in [6.07, 6.45) is 0.980. The van der Waals surface area contributed by atoms with Gasteiger partial charge in [-0.05, 0) is 29.8 Å². The number of rotatable bonds is 5. The van der Waals surface area contributed by atoms with E-state index < -0.39 is 0 Å². The Morgan fingerprint density at radius 3 is 2.85 bits per heavy atom. The number of nitrogens with one attached hydrogen (secondary N) is 1. The van der Waals surface area contributed by atoms with Crippen LogP contribution >= 0.6 is 27.3 Å². The lowest BCUT2D eigenvalue weighted by molar-refractivity contribution is 0.685. The third-order valence-corrected chi connectivity index (χ3v) is 4.66. The summed E-state index contributed by atoms with van der Waals surface area (Å²) in [5, 5.41) is 4.67. The lowest BCUT2D eigenvalue weighted by atomic mass is 10.2. The summed E-state index contributed by atoms with van der Waals surface area (Å²) < 4.78 is 2.40. The van der Waals surface area contributed by atoms with Gasteiger partial charge in [-0.25, -0.2) is 4.98 Å². The molecule has 0 bridgehead atoms. The second-order valence-corrected chi connectivity index (χ2v) is 6.66. The smallest absolute Gasteiger partial charge is 0.0951 e. The largest absolute Gasteiger partial charge is 0.312 e. The molecule has 0 spiro atoms. The molecule has 4 heteroatoms. The fourth-order valence-electron chi connectivity index (χ4n) is 2.10. The van der Waals surface area contributed by atoms with E-state index in [9.17, 15) is 0 Å². The molecular formula is C16H15BrN2S. The van der Waals surface area contributed by atoms with Crippen LogP contribution in [0.15, 0.2) is 53.0 Å². The monoisotopic (exact) mass is 346 g/mol. The van der Waals surface area contributed by atoms with E-state index in [1.807, 2.05) is 12.1 Å². The minimum Gasteiger partial charge on any atom is -0.312 e. The molecule has 20 heavy (non-hydrogen) atoms. The number of thiazole rings is 1. The van der Waals surface area contributed by atoms with E-state index in [1.54, 1.807) is 11.3 Å². The lowest BCUT2D eigenvalue weighted by Crippen LogP contribution is -2.16. The normalized spacial score (nSPS) is 11.1. The first-order valence-electron chi connectivity index (χ1n) is 6.61. The Morgan fingerprint density at radius 2 is 2.00 bits per heavy atom. The van der Waals surface area contributed by atoms with E-state index in [4.69, 9.17) is 0 Å². The Balaban J connectivity index is 1.52. The van der Waals surface area contributed by atoms with Gasteiger partial charge < -0.3 is 5.32 Å². The molecule has 0 aliphatic carbocycles. The quantitative estimate of drug-likeness (QED) is 0.693. The van der Waals surface area contributed by atoms with E-state index in [2.05, 4.69) is 62.6 Å². The van der Waals surface area contributed by atoms with Crippen molar-refractivity contribution in [2.24, 2.45) is 0 Å². The van der Waals surface area contributed by atoms with Crippen molar-refractivity contribution in [3.05, 3.63) is 63.6 Å². The predicted octanol–water partition coefficient (Wildman–Crippen LogP) is 4.39. The molecule has 0 radical (unpaired) electrons. The number of aromatic nitrogens is 1. The molecule has 0 unspecified atom stereocenters. The third kappa shape index (κ3) is 3.45. The van der Waals surface area contributed by atoms with Crippen LogP contribution in [0.3, 0.4) is 0 Å². The minimum absolute atomic E-state index is 0.893. The number of hydrogen-bond acceptors (Lipinski definition) is 3. The van der Waals surface area contributed by atoms with Gasteiger partial charge in [0.05, 0.1) is 15.2 Å². The second kappa shape index (κ2) is 6.48. The summed E-state index contributed by atoms with van der Waals surface area (Å²) in [5.74, 6) is 0. The maximum absolute atomic E-state index is 4.64. The average molecular weight is 347 g/mol. The van der Waals surface area contributed by atoms with Crippen LogP contribution in [0.5, 0.6) is 0 Å². The van der Waals surface area contributed by atoms with Crippen LogP contribution in [0.4, 0.5) is 0 Å². The number of hydrogen-bond donors (Lipinski definition) is 1. The molecule has 1 aromatic heterocycles. The second-order valence-electron chi connectivity index (χ2n) is 4.63. The van der Waals surface area contributed by atoms with E-state index in [0.29, 0.717) is 0 Å². The van der Waals surface area contributed by atoms with Crippen molar-refractivity contribution in [2.75, 3.05) is 6.54 Å². The Kier molecular flexibility index (Phi) is 4.45. The molecule has 0 atom stereocenters. The zero-order chi connectivity index (χ0) is 13.8. The van der Waals surface area contributed by atoms with Crippen LogP contribution in [-0.4, -0.2) is 11.5 Å². The van der Waals surface area contributed by atoms with Crippen molar-refractivity contribution in [1.29, 1.82) is 0 Å². The van der Waals surface area contributed by atoms with Crippen LogP contribution < -0.4 is 5.32 Å². The molecule has 0 fully saturated rings. The Hall–Kier alpha value is -1.23. The van der Waals surface area contributed by atoms with Gasteiger partial charge in [0.15, 0.2) is 0 Å². The highest BCUT2D eigenvalue weighted by atomic mass is 79.9. The fourth-order valence-corrected chi connectivity index (χ4v) is 3.52. The van der Waals surface area contributed by atoms with Gasteiger partial charge in [-0.15, -0.1) is 11.3 Å². The maximum Gasteiger partial charge on any atom is 0.0951 e. The van der Waals surface area contributed by atoms with Gasteiger partial charge in [-0.3, -0.25) is 0 Å².